The minimum Gasteiger partial charge on any atom is -0.493 e. The van der Waals surface area contributed by atoms with Gasteiger partial charge in [-0.1, -0.05) is 35.3 Å². The molecule has 2 aromatic carbocycles. The summed E-state index contributed by atoms with van der Waals surface area (Å²) in [5.74, 6) is 0.292. The van der Waals surface area contributed by atoms with Crippen molar-refractivity contribution in [2.24, 2.45) is 0 Å². The lowest BCUT2D eigenvalue weighted by molar-refractivity contribution is -0.138. The van der Waals surface area contributed by atoms with E-state index in [0.29, 0.717) is 35.1 Å². The third-order valence-electron chi connectivity index (χ3n) is 5.65. The molecule has 0 aromatic heterocycles. The number of rotatable bonds is 8. The number of ether oxygens (including phenoxy) is 2. The molecule has 8 nitrogen and oxygen atoms in total. The van der Waals surface area contributed by atoms with E-state index < -0.39 is 17.5 Å². The number of hydrogen-bond acceptors (Lipinski definition) is 5. The minimum absolute atomic E-state index is 0.249. The molecule has 0 aliphatic carbocycles. The molecule has 1 fully saturated rings. The van der Waals surface area contributed by atoms with Crippen LogP contribution < -0.4 is 14.8 Å². The second kappa shape index (κ2) is 9.89. The van der Waals surface area contributed by atoms with Crippen LogP contribution in [0.4, 0.5) is 4.79 Å². The Morgan fingerprint density at radius 2 is 1.79 bits per heavy atom. The predicted molar refractivity (Wildman–Crippen MR) is 125 cm³/mol. The average Bonchev–Trinajstić information content (AvgIpc) is 3.00. The summed E-state index contributed by atoms with van der Waals surface area (Å²) in [6, 6.07) is 9.54. The van der Waals surface area contributed by atoms with Gasteiger partial charge in [0, 0.05) is 29.2 Å². The number of nitrogens with one attached hydrogen (secondary N) is 1. The Hall–Kier alpha value is -2.97. The normalized spacial score (nSPS) is 17.7. The number of likely N-dealkylation sites (N-methyl/N-ethyl adjacent to an activating group) is 1. The lowest BCUT2D eigenvalue weighted by Gasteiger charge is -2.24. The first kappa shape index (κ1) is 24.7. The number of hydrogen-bond donors (Lipinski definition) is 1. The van der Waals surface area contributed by atoms with Gasteiger partial charge in [0.05, 0.1) is 14.2 Å². The molecule has 3 rings (SSSR count). The second-order valence-corrected chi connectivity index (χ2v) is 8.67. The Morgan fingerprint density at radius 1 is 1.09 bits per heavy atom. The topological polar surface area (TPSA) is 88.2 Å². The van der Waals surface area contributed by atoms with Crippen LogP contribution in [-0.2, 0) is 21.5 Å². The van der Waals surface area contributed by atoms with E-state index in [0.717, 1.165) is 10.5 Å². The van der Waals surface area contributed by atoms with Gasteiger partial charge in [-0.2, -0.15) is 0 Å². The number of imide groups is 1. The highest BCUT2D eigenvalue weighted by atomic mass is 35.5. The molecule has 2 aromatic rings. The van der Waals surface area contributed by atoms with Gasteiger partial charge in [0.25, 0.3) is 5.91 Å². The summed E-state index contributed by atoms with van der Waals surface area (Å²) in [5.41, 5.74) is -0.0343. The van der Waals surface area contributed by atoms with E-state index in [1.807, 2.05) is 12.1 Å². The van der Waals surface area contributed by atoms with Crippen molar-refractivity contribution in [1.29, 1.82) is 0 Å². The first-order chi connectivity index (χ1) is 15.6. The van der Waals surface area contributed by atoms with Gasteiger partial charge in [0.15, 0.2) is 11.5 Å². The largest absolute Gasteiger partial charge is 0.493 e. The lowest BCUT2D eigenvalue weighted by Crippen LogP contribution is -2.44. The molecule has 1 N–H and O–H groups in total. The van der Waals surface area contributed by atoms with Crippen LogP contribution in [0.2, 0.25) is 10.0 Å². The monoisotopic (exact) mass is 493 g/mol. The summed E-state index contributed by atoms with van der Waals surface area (Å²) in [4.78, 5) is 40.8. The zero-order valence-corrected chi connectivity index (χ0v) is 20.3. The van der Waals surface area contributed by atoms with Gasteiger partial charge >= 0.3 is 6.03 Å². The smallest absolute Gasteiger partial charge is 0.325 e. The van der Waals surface area contributed by atoms with Crippen molar-refractivity contribution >= 4 is 41.0 Å². The van der Waals surface area contributed by atoms with Gasteiger partial charge in [-0.25, -0.2) is 4.79 Å². The van der Waals surface area contributed by atoms with Crippen molar-refractivity contribution in [3.8, 4) is 11.5 Å². The summed E-state index contributed by atoms with van der Waals surface area (Å²) in [6.07, 6.45) is 0.556. The second-order valence-electron chi connectivity index (χ2n) is 7.83. The molecule has 0 unspecified atom stereocenters. The number of nitrogens with zero attached hydrogens (tertiary/aromatic N) is 2. The third kappa shape index (κ3) is 5.02. The Bertz CT molecular complexity index is 1090. The quantitative estimate of drug-likeness (QED) is 0.568. The first-order valence-electron chi connectivity index (χ1n) is 10.1. The SMILES string of the molecule is COc1ccc(CCN(C)C(=O)CN2C(=O)N[C@@](C)(c3ccc(Cl)cc3Cl)C2=O)cc1OC. The van der Waals surface area contributed by atoms with Crippen molar-refractivity contribution in [3.05, 3.63) is 57.6 Å². The highest BCUT2D eigenvalue weighted by Gasteiger charge is 2.50. The standard InChI is InChI=1S/C23H25Cl2N3O5/c1-23(16-7-6-15(24)12-17(16)25)21(30)28(22(31)26-23)13-20(29)27(2)10-9-14-5-8-18(32-3)19(11-14)33-4/h5-8,11-12H,9-10,13H2,1-4H3,(H,26,31)/t23-/m0/s1. The molecular weight excluding hydrogens is 469 g/mol. The van der Waals surface area contributed by atoms with E-state index in [4.69, 9.17) is 32.7 Å². The van der Waals surface area contributed by atoms with Gasteiger partial charge in [0.1, 0.15) is 12.1 Å². The summed E-state index contributed by atoms with van der Waals surface area (Å²) in [6.45, 7) is 1.56. The maximum Gasteiger partial charge on any atom is 0.325 e. The number of methoxy groups -OCH3 is 2. The first-order valence-corrected chi connectivity index (χ1v) is 10.9. The molecule has 0 radical (unpaired) electrons. The van der Waals surface area contributed by atoms with E-state index in [2.05, 4.69) is 5.32 Å². The number of carbonyl (C=O) groups excluding carboxylic acids is 3. The zero-order valence-electron chi connectivity index (χ0n) is 18.8. The van der Waals surface area contributed by atoms with Crippen LogP contribution >= 0.6 is 23.2 Å². The fraction of sp³-hybridized carbons (Fsp3) is 0.348. The van der Waals surface area contributed by atoms with Crippen LogP contribution in [0.25, 0.3) is 0 Å². The molecule has 176 valence electrons. The van der Waals surface area contributed by atoms with Crippen LogP contribution in [0.1, 0.15) is 18.1 Å². The summed E-state index contributed by atoms with van der Waals surface area (Å²) in [7, 11) is 4.74. The Kier molecular flexibility index (Phi) is 7.39. The number of benzene rings is 2. The molecule has 10 heteroatoms. The third-order valence-corrected chi connectivity index (χ3v) is 6.20. The maximum atomic E-state index is 13.1. The van der Waals surface area contributed by atoms with Gasteiger partial charge < -0.3 is 19.7 Å². The summed E-state index contributed by atoms with van der Waals surface area (Å²) < 4.78 is 10.5. The molecule has 0 bridgehead atoms. The molecule has 1 saturated heterocycles. The Morgan fingerprint density at radius 3 is 2.42 bits per heavy atom. The van der Waals surface area contributed by atoms with E-state index in [1.165, 1.54) is 11.0 Å². The molecule has 0 spiro atoms. The van der Waals surface area contributed by atoms with E-state index >= 15 is 0 Å². The van der Waals surface area contributed by atoms with Crippen LogP contribution in [-0.4, -0.2) is 62.0 Å². The van der Waals surface area contributed by atoms with Crippen molar-refractivity contribution in [2.75, 3.05) is 34.4 Å². The van der Waals surface area contributed by atoms with Crippen molar-refractivity contribution in [1.82, 2.24) is 15.1 Å². The molecule has 1 heterocycles. The highest BCUT2D eigenvalue weighted by molar-refractivity contribution is 6.35. The number of carbonyl (C=O) groups is 3. The van der Waals surface area contributed by atoms with E-state index in [1.54, 1.807) is 46.4 Å². The molecule has 1 aliphatic rings. The van der Waals surface area contributed by atoms with E-state index in [-0.39, 0.29) is 17.5 Å². The lowest BCUT2D eigenvalue weighted by atomic mass is 9.92. The van der Waals surface area contributed by atoms with Crippen molar-refractivity contribution in [3.63, 3.8) is 0 Å². The molecule has 1 atom stereocenters. The van der Waals surface area contributed by atoms with Gasteiger partial charge in [-0.15, -0.1) is 0 Å². The average molecular weight is 494 g/mol. The molecule has 4 amide bonds. The Labute approximate surface area is 202 Å². The Balaban J connectivity index is 1.66. The molecule has 0 saturated carbocycles. The highest BCUT2D eigenvalue weighted by Crippen LogP contribution is 2.35. The molecule has 33 heavy (non-hydrogen) atoms. The fourth-order valence-electron chi connectivity index (χ4n) is 3.63. The maximum absolute atomic E-state index is 13.1. The van der Waals surface area contributed by atoms with Crippen LogP contribution in [0, 0.1) is 0 Å². The number of amides is 4. The zero-order chi connectivity index (χ0) is 24.3. The van der Waals surface area contributed by atoms with E-state index in [9.17, 15) is 14.4 Å². The van der Waals surface area contributed by atoms with Crippen molar-refractivity contribution < 1.29 is 23.9 Å². The molecular formula is C23H25Cl2N3O5. The summed E-state index contributed by atoms with van der Waals surface area (Å²) >= 11 is 12.2. The predicted octanol–water partition coefficient (Wildman–Crippen LogP) is 3.48. The van der Waals surface area contributed by atoms with Gasteiger partial charge in [0.2, 0.25) is 5.91 Å². The number of halogens is 2. The molecule has 1 aliphatic heterocycles. The van der Waals surface area contributed by atoms with Crippen LogP contribution in [0.5, 0.6) is 11.5 Å². The van der Waals surface area contributed by atoms with Crippen LogP contribution in [0.3, 0.4) is 0 Å². The minimum atomic E-state index is -1.39. The van der Waals surface area contributed by atoms with Gasteiger partial charge in [-0.3, -0.25) is 14.5 Å². The van der Waals surface area contributed by atoms with Crippen molar-refractivity contribution in [2.45, 2.75) is 18.9 Å². The number of urea groups is 1. The van der Waals surface area contributed by atoms with Gasteiger partial charge in [-0.05, 0) is 43.2 Å². The van der Waals surface area contributed by atoms with Crippen LogP contribution in [0.15, 0.2) is 36.4 Å². The summed E-state index contributed by atoms with van der Waals surface area (Å²) in [5, 5.41) is 3.30. The fourth-order valence-corrected chi connectivity index (χ4v) is 4.23.